The summed E-state index contributed by atoms with van der Waals surface area (Å²) in [6, 6.07) is 9.32. The van der Waals surface area contributed by atoms with Gasteiger partial charge in [-0.2, -0.15) is 0 Å². The van der Waals surface area contributed by atoms with Gasteiger partial charge in [0.05, 0.1) is 11.5 Å². The van der Waals surface area contributed by atoms with Crippen LogP contribution in [0.1, 0.15) is 110 Å². The van der Waals surface area contributed by atoms with Crippen molar-refractivity contribution in [2.75, 3.05) is 37.7 Å². The molecule has 1 heterocycles. The molecule has 1 saturated heterocycles. The second-order valence-electron chi connectivity index (χ2n) is 17.7. The molecule has 8 atom stereocenters. The van der Waals surface area contributed by atoms with E-state index in [1.54, 1.807) is 5.57 Å². The van der Waals surface area contributed by atoms with Gasteiger partial charge in [-0.05, 0) is 121 Å². The summed E-state index contributed by atoms with van der Waals surface area (Å²) in [7, 11) is -2.81. The Labute approximate surface area is 269 Å². The molecule has 44 heavy (non-hydrogen) atoms. The van der Waals surface area contributed by atoms with E-state index in [2.05, 4.69) is 82.1 Å². The van der Waals surface area contributed by atoms with Crippen LogP contribution in [-0.4, -0.2) is 56.5 Å². The molecule has 244 valence electrons. The number of fused-ring (bicyclic) bond motifs is 7. The Morgan fingerprint density at radius 1 is 0.818 bits per heavy atom. The molecule has 5 aliphatic carbocycles. The van der Waals surface area contributed by atoms with Crippen LogP contribution in [0, 0.1) is 52.3 Å². The van der Waals surface area contributed by atoms with Crippen molar-refractivity contribution in [3.63, 3.8) is 0 Å². The maximum absolute atomic E-state index is 11.9. The molecule has 1 aliphatic heterocycles. The highest BCUT2D eigenvalue weighted by atomic mass is 32.2. The number of hydrogen-bond donors (Lipinski definition) is 1. The van der Waals surface area contributed by atoms with E-state index in [9.17, 15) is 8.42 Å². The van der Waals surface area contributed by atoms with E-state index >= 15 is 0 Å². The second-order valence-corrected chi connectivity index (χ2v) is 20.0. The Bertz CT molecular complexity index is 1390. The first-order chi connectivity index (χ1) is 20.7. The van der Waals surface area contributed by atoms with E-state index in [-0.39, 0.29) is 5.41 Å². The predicted molar refractivity (Wildman–Crippen MR) is 183 cm³/mol. The van der Waals surface area contributed by atoms with Crippen molar-refractivity contribution in [3.05, 3.63) is 41.5 Å². The Kier molecular flexibility index (Phi) is 7.62. The molecule has 7 unspecified atom stereocenters. The Hall–Kier alpha value is -1.17. The zero-order chi connectivity index (χ0) is 31.2. The van der Waals surface area contributed by atoms with Crippen LogP contribution in [0.2, 0.25) is 0 Å². The predicted octanol–water partition coefficient (Wildman–Crippen LogP) is 7.92. The average molecular weight is 621 g/mol. The van der Waals surface area contributed by atoms with Gasteiger partial charge < -0.3 is 10.2 Å². The topological polar surface area (TPSA) is 49.4 Å². The van der Waals surface area contributed by atoms with Gasteiger partial charge in [-0.3, -0.25) is 0 Å². The number of sulfone groups is 1. The summed E-state index contributed by atoms with van der Waals surface area (Å²) in [5, 5.41) is 4.19. The third-order valence-corrected chi connectivity index (χ3v) is 17.3. The summed E-state index contributed by atoms with van der Waals surface area (Å²) in [5.41, 5.74) is 6.05. The second kappa shape index (κ2) is 10.7. The first-order valence-electron chi connectivity index (χ1n) is 18.2. The van der Waals surface area contributed by atoms with E-state index in [1.807, 2.05) is 0 Å². The van der Waals surface area contributed by atoms with E-state index in [4.69, 9.17) is 0 Å². The molecule has 0 bridgehead atoms. The van der Waals surface area contributed by atoms with Crippen molar-refractivity contribution >= 4 is 15.4 Å². The van der Waals surface area contributed by atoms with Crippen molar-refractivity contribution in [1.82, 2.24) is 10.2 Å². The molecule has 1 aromatic rings. The third kappa shape index (κ3) is 4.67. The van der Waals surface area contributed by atoms with E-state index in [0.29, 0.717) is 46.4 Å². The van der Waals surface area contributed by atoms with Crippen molar-refractivity contribution in [2.24, 2.45) is 45.3 Å². The van der Waals surface area contributed by atoms with Crippen LogP contribution in [0.15, 0.2) is 30.3 Å². The summed E-state index contributed by atoms with van der Waals surface area (Å²) in [6.45, 7) is 19.0. The van der Waals surface area contributed by atoms with Crippen LogP contribution in [0.4, 0.5) is 0 Å². The monoisotopic (exact) mass is 620 g/mol. The summed E-state index contributed by atoms with van der Waals surface area (Å²) < 4.78 is 23.8. The molecule has 0 amide bonds. The fourth-order valence-electron chi connectivity index (χ4n) is 13.1. The maximum Gasteiger partial charge on any atom is 0.152 e. The molecule has 7 rings (SSSR count). The molecule has 4 saturated carbocycles. The van der Waals surface area contributed by atoms with E-state index in [0.717, 1.165) is 36.8 Å². The van der Waals surface area contributed by atoms with Crippen LogP contribution in [0.25, 0.3) is 5.57 Å². The molecule has 0 spiro atoms. The zero-order valence-corrected chi connectivity index (χ0v) is 29.5. The van der Waals surface area contributed by atoms with Gasteiger partial charge >= 0.3 is 0 Å². The SMILES string of the molecule is Cc1ccc(C2=CCC3(C)C(CCC4(C)C3CCC3C5CCCC5(NCCN5CCS(=O)(=O)CC5)CC[C@]34C)C2(C)C)cc1. The Balaban J connectivity index is 1.10. The molecule has 0 radical (unpaired) electrons. The number of hydrogen-bond acceptors (Lipinski definition) is 4. The molecule has 6 aliphatic rings. The van der Waals surface area contributed by atoms with Gasteiger partial charge in [0, 0.05) is 31.7 Å². The standard InChI is InChI=1S/C39H60N2O2S/c1-28-9-11-29(12-10-28)30-15-18-36(4)33(35(30,2)3)16-19-38(6)34(36)14-13-31-32-8-7-17-39(32,21-20-37(31,38)5)40-22-23-41-24-26-44(42,43)27-25-41/h9-12,15,31-34,40H,7-8,13-14,16-27H2,1-6H3/t31?,32?,33?,34?,36?,37-,38?,39?/m1/s1. The van der Waals surface area contributed by atoms with Crippen LogP contribution in [0.5, 0.6) is 0 Å². The van der Waals surface area contributed by atoms with Crippen LogP contribution >= 0.6 is 0 Å². The Morgan fingerprint density at radius 3 is 2.27 bits per heavy atom. The minimum Gasteiger partial charge on any atom is -0.310 e. The van der Waals surface area contributed by atoms with E-state index < -0.39 is 9.84 Å². The van der Waals surface area contributed by atoms with Crippen molar-refractivity contribution in [1.29, 1.82) is 0 Å². The van der Waals surface area contributed by atoms with Gasteiger partial charge in [-0.1, -0.05) is 76.9 Å². The number of benzene rings is 1. The fraction of sp³-hybridized carbons (Fsp3) is 0.795. The van der Waals surface area contributed by atoms with Crippen molar-refractivity contribution in [3.8, 4) is 0 Å². The van der Waals surface area contributed by atoms with E-state index in [1.165, 1.54) is 75.3 Å². The lowest BCUT2D eigenvalue weighted by molar-refractivity contribution is -0.217. The van der Waals surface area contributed by atoms with Gasteiger partial charge in [0.2, 0.25) is 0 Å². The lowest BCUT2D eigenvalue weighted by atomic mass is 9.33. The van der Waals surface area contributed by atoms with Gasteiger partial charge in [0.15, 0.2) is 9.84 Å². The number of nitrogens with one attached hydrogen (secondary N) is 1. The third-order valence-electron chi connectivity index (χ3n) is 15.6. The summed E-state index contributed by atoms with van der Waals surface area (Å²) >= 11 is 0. The maximum atomic E-state index is 11.9. The van der Waals surface area contributed by atoms with Gasteiger partial charge in [-0.25, -0.2) is 8.42 Å². The molecule has 0 aromatic heterocycles. The summed E-state index contributed by atoms with van der Waals surface area (Å²) in [6.07, 6.45) is 16.3. The molecule has 5 heteroatoms. The highest BCUT2D eigenvalue weighted by molar-refractivity contribution is 7.91. The van der Waals surface area contributed by atoms with Crippen molar-refractivity contribution < 1.29 is 8.42 Å². The van der Waals surface area contributed by atoms with Crippen molar-refractivity contribution in [2.45, 2.75) is 111 Å². The van der Waals surface area contributed by atoms with Gasteiger partial charge in [-0.15, -0.1) is 0 Å². The number of aryl methyl sites for hydroxylation is 1. The first-order valence-corrected chi connectivity index (χ1v) is 20.0. The van der Waals surface area contributed by atoms with Crippen LogP contribution in [0.3, 0.4) is 0 Å². The molecule has 1 aromatic carbocycles. The number of allylic oxidation sites excluding steroid dienone is 2. The minimum absolute atomic E-state index is 0.191. The Morgan fingerprint density at radius 2 is 1.55 bits per heavy atom. The lowest BCUT2D eigenvalue weighted by Gasteiger charge is -2.72. The quantitative estimate of drug-likeness (QED) is 0.363. The smallest absolute Gasteiger partial charge is 0.152 e. The van der Waals surface area contributed by atoms with Gasteiger partial charge in [0.1, 0.15) is 0 Å². The highest BCUT2D eigenvalue weighted by Gasteiger charge is 2.69. The van der Waals surface area contributed by atoms with Gasteiger partial charge in [0.25, 0.3) is 0 Å². The molecule has 5 fully saturated rings. The normalized spacial score (nSPS) is 44.5. The lowest BCUT2D eigenvalue weighted by Crippen LogP contribution is -2.67. The molecule has 1 N–H and O–H groups in total. The molecular formula is C39H60N2O2S. The largest absolute Gasteiger partial charge is 0.310 e. The number of nitrogens with zero attached hydrogens (tertiary/aromatic N) is 1. The first kappa shape index (κ1) is 31.4. The molecular weight excluding hydrogens is 561 g/mol. The average Bonchev–Trinajstić information content (AvgIpc) is 3.39. The van der Waals surface area contributed by atoms with Crippen LogP contribution < -0.4 is 5.32 Å². The zero-order valence-electron chi connectivity index (χ0n) is 28.7. The van der Waals surface area contributed by atoms with Crippen LogP contribution in [-0.2, 0) is 9.84 Å². The summed E-state index contributed by atoms with van der Waals surface area (Å²) in [4.78, 5) is 2.37. The number of rotatable bonds is 5. The molecule has 4 nitrogen and oxygen atoms in total. The fourth-order valence-corrected chi connectivity index (χ4v) is 14.4. The highest BCUT2D eigenvalue weighted by Crippen LogP contribution is 2.76. The minimum atomic E-state index is -2.81. The summed E-state index contributed by atoms with van der Waals surface area (Å²) in [5.74, 6) is 3.81.